The zero-order valence-electron chi connectivity index (χ0n) is 10.2. The Hall–Kier alpha value is -2.80. The molecule has 0 aliphatic rings. The molecule has 1 N–H and O–H groups in total. The van der Waals surface area contributed by atoms with Crippen LogP contribution in [0.2, 0.25) is 0 Å². The Bertz CT molecular complexity index is 818. The van der Waals surface area contributed by atoms with Crippen LogP contribution in [0, 0.1) is 18.3 Å². The van der Waals surface area contributed by atoms with Gasteiger partial charge >= 0.3 is 0 Å². The van der Waals surface area contributed by atoms with Gasteiger partial charge in [-0.2, -0.15) is 5.26 Å². The molecular formula is C15H10N2O2. The second-order valence-corrected chi connectivity index (χ2v) is 4.32. The van der Waals surface area contributed by atoms with Crippen molar-refractivity contribution in [3.05, 3.63) is 59.2 Å². The molecular weight excluding hydrogens is 240 g/mol. The van der Waals surface area contributed by atoms with Crippen molar-refractivity contribution in [1.82, 2.24) is 4.98 Å². The molecule has 1 aromatic carbocycles. The van der Waals surface area contributed by atoms with Crippen molar-refractivity contribution in [2.45, 2.75) is 6.92 Å². The Morgan fingerprint density at radius 3 is 2.95 bits per heavy atom. The summed E-state index contributed by atoms with van der Waals surface area (Å²) in [4.78, 5) is 15.4. The van der Waals surface area contributed by atoms with Crippen LogP contribution in [0.15, 0.2) is 41.1 Å². The number of nitrogens with zero attached hydrogens (tertiary/aromatic N) is 1. The van der Waals surface area contributed by atoms with E-state index in [0.29, 0.717) is 27.8 Å². The number of benzene rings is 1. The summed E-state index contributed by atoms with van der Waals surface area (Å²) < 4.78 is 5.16. The Labute approximate surface area is 109 Å². The minimum atomic E-state index is -0.147. The molecule has 0 unspecified atom stereocenters. The normalized spacial score (nSPS) is 10.5. The quantitative estimate of drug-likeness (QED) is 0.710. The van der Waals surface area contributed by atoms with Crippen molar-refractivity contribution in [3.63, 3.8) is 0 Å². The number of H-pyrrole nitrogens is 1. The van der Waals surface area contributed by atoms with Gasteiger partial charge in [-0.15, -0.1) is 0 Å². The number of carbonyl (C=O) groups excluding carboxylic acids is 1. The summed E-state index contributed by atoms with van der Waals surface area (Å²) in [5, 5.41) is 9.80. The van der Waals surface area contributed by atoms with Crippen molar-refractivity contribution in [2.75, 3.05) is 0 Å². The van der Waals surface area contributed by atoms with Gasteiger partial charge in [0.05, 0.1) is 17.2 Å². The number of nitriles is 1. The van der Waals surface area contributed by atoms with E-state index < -0.39 is 0 Å². The highest BCUT2D eigenvalue weighted by molar-refractivity contribution is 6.17. The molecule has 0 saturated heterocycles. The molecule has 3 rings (SSSR count). The maximum Gasteiger partial charge on any atom is 0.198 e. The van der Waals surface area contributed by atoms with Crippen LogP contribution in [0.4, 0.5) is 0 Å². The van der Waals surface area contributed by atoms with E-state index in [-0.39, 0.29) is 5.78 Å². The second kappa shape index (κ2) is 4.14. The Morgan fingerprint density at radius 2 is 2.26 bits per heavy atom. The average molecular weight is 250 g/mol. The van der Waals surface area contributed by atoms with E-state index in [4.69, 9.17) is 9.68 Å². The zero-order chi connectivity index (χ0) is 13.4. The lowest BCUT2D eigenvalue weighted by Gasteiger charge is -1.98. The number of aryl methyl sites for hydroxylation is 1. The van der Waals surface area contributed by atoms with Crippen LogP contribution in [0.1, 0.15) is 27.2 Å². The van der Waals surface area contributed by atoms with Gasteiger partial charge in [-0.1, -0.05) is 6.07 Å². The fraction of sp³-hybridized carbons (Fsp3) is 0.0667. The van der Waals surface area contributed by atoms with E-state index in [0.717, 1.165) is 5.52 Å². The van der Waals surface area contributed by atoms with E-state index in [2.05, 4.69) is 11.1 Å². The molecule has 0 atom stereocenters. The lowest BCUT2D eigenvalue weighted by Crippen LogP contribution is -1.99. The zero-order valence-corrected chi connectivity index (χ0v) is 10.2. The van der Waals surface area contributed by atoms with Crippen LogP contribution in [0.3, 0.4) is 0 Å². The number of furan rings is 1. The third-order valence-corrected chi connectivity index (χ3v) is 3.06. The highest BCUT2D eigenvalue weighted by atomic mass is 16.3. The number of ketones is 1. The summed E-state index contributed by atoms with van der Waals surface area (Å²) in [5.74, 6) is 0.537. The van der Waals surface area contributed by atoms with Crippen molar-refractivity contribution < 1.29 is 9.21 Å². The second-order valence-electron chi connectivity index (χ2n) is 4.32. The van der Waals surface area contributed by atoms with Crippen molar-refractivity contribution in [2.24, 2.45) is 0 Å². The number of aromatic amines is 1. The standard InChI is InChI=1S/C15H10N2O2/c1-9-5-11(8-19-9)15(18)12-7-17-13-4-2-3-10(6-16)14(12)13/h2-5,7-8,17H,1H3. The number of hydrogen-bond acceptors (Lipinski definition) is 3. The maximum absolute atomic E-state index is 12.4. The lowest BCUT2D eigenvalue weighted by molar-refractivity contribution is 0.103. The molecule has 3 aromatic rings. The first kappa shape index (κ1) is 11.3. The SMILES string of the molecule is Cc1cc(C(=O)c2c[nH]c3cccc(C#N)c23)co1. The third-order valence-electron chi connectivity index (χ3n) is 3.06. The largest absolute Gasteiger partial charge is 0.469 e. The minimum absolute atomic E-state index is 0.147. The molecule has 92 valence electrons. The highest BCUT2D eigenvalue weighted by Crippen LogP contribution is 2.25. The fourth-order valence-electron chi connectivity index (χ4n) is 2.18. The Balaban J connectivity index is 2.21. The number of aromatic nitrogens is 1. The Kier molecular flexibility index (Phi) is 2.46. The summed E-state index contributed by atoms with van der Waals surface area (Å²) in [6, 6.07) is 9.13. The van der Waals surface area contributed by atoms with Gasteiger partial charge in [-0.25, -0.2) is 0 Å². The minimum Gasteiger partial charge on any atom is -0.469 e. The monoisotopic (exact) mass is 250 g/mol. The van der Waals surface area contributed by atoms with E-state index in [1.807, 2.05) is 6.07 Å². The van der Waals surface area contributed by atoms with Gasteiger partial charge in [0.25, 0.3) is 0 Å². The topological polar surface area (TPSA) is 69.8 Å². The van der Waals surface area contributed by atoms with Crippen LogP contribution >= 0.6 is 0 Å². The van der Waals surface area contributed by atoms with Crippen LogP contribution in [0.5, 0.6) is 0 Å². The molecule has 0 amide bonds. The summed E-state index contributed by atoms with van der Waals surface area (Å²) in [6.07, 6.45) is 3.07. The molecule has 2 heterocycles. The summed E-state index contributed by atoms with van der Waals surface area (Å²) in [5.41, 5.74) is 2.25. The summed E-state index contributed by atoms with van der Waals surface area (Å²) in [6.45, 7) is 1.78. The third kappa shape index (κ3) is 1.72. The van der Waals surface area contributed by atoms with Crippen LogP contribution in [-0.4, -0.2) is 10.8 Å². The first-order valence-electron chi connectivity index (χ1n) is 5.80. The van der Waals surface area contributed by atoms with Gasteiger partial charge < -0.3 is 9.40 Å². The van der Waals surface area contributed by atoms with E-state index in [9.17, 15) is 4.79 Å². The average Bonchev–Trinajstić information content (AvgIpc) is 3.03. The molecule has 0 spiro atoms. The molecule has 0 fully saturated rings. The predicted octanol–water partition coefficient (Wildman–Crippen LogP) is 3.17. The predicted molar refractivity (Wildman–Crippen MR) is 69.9 cm³/mol. The molecule has 0 aliphatic carbocycles. The van der Waals surface area contributed by atoms with E-state index in [1.54, 1.807) is 31.3 Å². The fourth-order valence-corrected chi connectivity index (χ4v) is 2.18. The van der Waals surface area contributed by atoms with Crippen molar-refractivity contribution in [3.8, 4) is 6.07 Å². The van der Waals surface area contributed by atoms with Crippen LogP contribution in [-0.2, 0) is 0 Å². The van der Waals surface area contributed by atoms with E-state index in [1.165, 1.54) is 6.26 Å². The van der Waals surface area contributed by atoms with Gasteiger partial charge in [0.1, 0.15) is 12.0 Å². The van der Waals surface area contributed by atoms with Gasteiger partial charge in [0.15, 0.2) is 5.78 Å². The molecule has 0 saturated carbocycles. The molecule has 0 bridgehead atoms. The van der Waals surface area contributed by atoms with Gasteiger partial charge in [0.2, 0.25) is 0 Å². The number of fused-ring (bicyclic) bond motifs is 1. The number of hydrogen-bond donors (Lipinski definition) is 1. The first-order chi connectivity index (χ1) is 9.20. The molecule has 4 heteroatoms. The molecule has 4 nitrogen and oxygen atoms in total. The molecule has 0 aliphatic heterocycles. The summed E-state index contributed by atoms with van der Waals surface area (Å²) in [7, 11) is 0. The lowest BCUT2D eigenvalue weighted by atomic mass is 10.0. The van der Waals surface area contributed by atoms with Crippen molar-refractivity contribution >= 4 is 16.7 Å². The summed E-state index contributed by atoms with van der Waals surface area (Å²) >= 11 is 0. The van der Waals surface area contributed by atoms with E-state index >= 15 is 0 Å². The maximum atomic E-state index is 12.4. The number of rotatable bonds is 2. The van der Waals surface area contributed by atoms with Gasteiger partial charge in [-0.05, 0) is 25.1 Å². The van der Waals surface area contributed by atoms with Crippen LogP contribution < -0.4 is 0 Å². The number of carbonyl (C=O) groups is 1. The highest BCUT2D eigenvalue weighted by Gasteiger charge is 2.18. The van der Waals surface area contributed by atoms with Gasteiger partial charge in [0, 0.05) is 22.7 Å². The number of nitrogens with one attached hydrogen (secondary N) is 1. The molecule has 19 heavy (non-hydrogen) atoms. The Morgan fingerprint density at radius 1 is 1.42 bits per heavy atom. The smallest absolute Gasteiger partial charge is 0.198 e. The molecule has 2 aromatic heterocycles. The van der Waals surface area contributed by atoms with Gasteiger partial charge in [-0.3, -0.25) is 4.79 Å². The molecule has 0 radical (unpaired) electrons. The van der Waals surface area contributed by atoms with Crippen molar-refractivity contribution in [1.29, 1.82) is 5.26 Å². The van der Waals surface area contributed by atoms with Crippen LogP contribution in [0.25, 0.3) is 10.9 Å². The first-order valence-corrected chi connectivity index (χ1v) is 5.80.